The number of benzene rings is 1. The molecular formula is C32H42S2. The molecule has 182 valence electrons. The molecule has 0 amide bonds. The van der Waals surface area contributed by atoms with E-state index in [1.807, 2.05) is 28.7 Å². The standard InChI is InChI=1S/C32H42S2/c1-9-14-15-19-24-21-27(33-29(24)32(8,12-4)13-5)28-22-26(30(34-28)31(6,7)11-3)25-20-17-16-18-23(25)10-2/h9-10,14,16-18,20-22H,2,11-13,15,19H2,1,3-8H3/b14-9+. The maximum atomic E-state index is 4.09. The lowest BCUT2D eigenvalue weighted by atomic mass is 9.81. The first-order valence-electron chi connectivity index (χ1n) is 12.8. The zero-order chi connectivity index (χ0) is 24.9. The van der Waals surface area contributed by atoms with Crippen LogP contribution in [-0.4, -0.2) is 0 Å². The van der Waals surface area contributed by atoms with Crippen LogP contribution in [-0.2, 0) is 17.3 Å². The largest absolute Gasteiger partial charge is 0.139 e. The van der Waals surface area contributed by atoms with Crippen LogP contribution in [0.4, 0.5) is 0 Å². The molecule has 0 saturated heterocycles. The van der Waals surface area contributed by atoms with E-state index in [1.165, 1.54) is 44.2 Å². The number of aryl methyl sites for hydroxylation is 1. The maximum absolute atomic E-state index is 4.09. The Morgan fingerprint density at radius 3 is 2.12 bits per heavy atom. The van der Waals surface area contributed by atoms with Gasteiger partial charge in [0.25, 0.3) is 0 Å². The van der Waals surface area contributed by atoms with Crippen LogP contribution in [0.1, 0.15) is 95.0 Å². The van der Waals surface area contributed by atoms with Crippen LogP contribution >= 0.6 is 22.7 Å². The minimum Gasteiger partial charge on any atom is -0.139 e. The molecule has 0 atom stereocenters. The second kappa shape index (κ2) is 11.2. The lowest BCUT2D eigenvalue weighted by Crippen LogP contribution is -2.19. The summed E-state index contributed by atoms with van der Waals surface area (Å²) in [5.41, 5.74) is 5.80. The molecule has 0 spiro atoms. The molecule has 0 nitrogen and oxygen atoms in total. The van der Waals surface area contributed by atoms with Crippen molar-refractivity contribution in [1.82, 2.24) is 0 Å². The van der Waals surface area contributed by atoms with Crippen LogP contribution in [0.3, 0.4) is 0 Å². The van der Waals surface area contributed by atoms with E-state index in [2.05, 4.69) is 104 Å². The van der Waals surface area contributed by atoms with Gasteiger partial charge in [-0.25, -0.2) is 0 Å². The number of hydrogen-bond donors (Lipinski definition) is 0. The Hall–Kier alpha value is -1.90. The Morgan fingerprint density at radius 1 is 0.853 bits per heavy atom. The van der Waals surface area contributed by atoms with Gasteiger partial charge in [0.1, 0.15) is 0 Å². The molecule has 0 aliphatic carbocycles. The molecule has 0 aliphatic heterocycles. The van der Waals surface area contributed by atoms with Crippen LogP contribution in [0.5, 0.6) is 0 Å². The normalized spacial score (nSPS) is 12.6. The zero-order valence-corrected chi connectivity index (χ0v) is 23.9. The Balaban J connectivity index is 2.21. The predicted molar refractivity (Wildman–Crippen MR) is 158 cm³/mol. The van der Waals surface area contributed by atoms with Gasteiger partial charge in [-0.2, -0.15) is 0 Å². The fraction of sp³-hybridized carbons (Fsp3) is 0.438. The molecule has 3 rings (SSSR count). The van der Waals surface area contributed by atoms with Crippen molar-refractivity contribution in [3.05, 3.63) is 76.0 Å². The monoisotopic (exact) mass is 490 g/mol. The minimum atomic E-state index is 0.128. The zero-order valence-electron chi connectivity index (χ0n) is 22.3. The second-order valence-corrected chi connectivity index (χ2v) is 12.3. The highest BCUT2D eigenvalue weighted by molar-refractivity contribution is 7.22. The molecule has 2 aromatic heterocycles. The third-order valence-corrected chi connectivity index (χ3v) is 10.9. The van der Waals surface area contributed by atoms with Gasteiger partial charge in [-0.3, -0.25) is 0 Å². The summed E-state index contributed by atoms with van der Waals surface area (Å²) in [6.07, 6.45) is 12.2. The molecule has 1 aromatic carbocycles. The van der Waals surface area contributed by atoms with Crippen LogP contribution in [0.15, 0.2) is 55.1 Å². The number of hydrogen-bond acceptors (Lipinski definition) is 2. The third kappa shape index (κ3) is 5.34. The maximum Gasteiger partial charge on any atom is 0.0452 e. The number of thiophene rings is 2. The van der Waals surface area contributed by atoms with Crippen LogP contribution in [0.2, 0.25) is 0 Å². The van der Waals surface area contributed by atoms with Gasteiger partial charge in [-0.05, 0) is 78.8 Å². The van der Waals surface area contributed by atoms with Crippen LogP contribution in [0.25, 0.3) is 27.0 Å². The summed E-state index contributed by atoms with van der Waals surface area (Å²) in [4.78, 5) is 5.91. The van der Waals surface area contributed by atoms with E-state index < -0.39 is 0 Å². The van der Waals surface area contributed by atoms with Crippen LogP contribution in [0, 0.1) is 0 Å². The van der Waals surface area contributed by atoms with E-state index in [0.29, 0.717) is 0 Å². The fourth-order valence-corrected chi connectivity index (χ4v) is 7.43. The van der Waals surface area contributed by atoms with Gasteiger partial charge < -0.3 is 0 Å². The predicted octanol–water partition coefficient (Wildman–Crippen LogP) is 11.1. The van der Waals surface area contributed by atoms with Crippen molar-refractivity contribution in [1.29, 1.82) is 0 Å². The first-order valence-corrected chi connectivity index (χ1v) is 14.5. The Morgan fingerprint density at radius 2 is 1.50 bits per heavy atom. The van der Waals surface area contributed by atoms with E-state index in [4.69, 9.17) is 0 Å². The van der Waals surface area contributed by atoms with E-state index in [-0.39, 0.29) is 10.8 Å². The van der Waals surface area contributed by atoms with Gasteiger partial charge >= 0.3 is 0 Å². The van der Waals surface area contributed by atoms with Crippen molar-refractivity contribution in [3.8, 4) is 20.9 Å². The average Bonchev–Trinajstić information content (AvgIpc) is 3.49. The van der Waals surface area contributed by atoms with E-state index in [1.54, 1.807) is 10.4 Å². The molecule has 2 heterocycles. The molecule has 0 aliphatic rings. The van der Waals surface area contributed by atoms with Gasteiger partial charge in [-0.15, -0.1) is 22.7 Å². The van der Waals surface area contributed by atoms with Gasteiger partial charge in [-0.1, -0.05) is 90.6 Å². The lowest BCUT2D eigenvalue weighted by molar-refractivity contribution is 0.444. The summed E-state index contributed by atoms with van der Waals surface area (Å²) in [5, 5.41) is 0. The lowest BCUT2D eigenvalue weighted by Gasteiger charge is -2.27. The molecule has 0 radical (unpaired) electrons. The molecule has 34 heavy (non-hydrogen) atoms. The van der Waals surface area contributed by atoms with E-state index in [0.717, 1.165) is 19.3 Å². The molecule has 0 bridgehead atoms. The summed E-state index contributed by atoms with van der Waals surface area (Å²) < 4.78 is 0. The first-order chi connectivity index (χ1) is 16.2. The topological polar surface area (TPSA) is 0 Å². The number of rotatable bonds is 11. The van der Waals surface area contributed by atoms with Crippen molar-refractivity contribution in [2.24, 2.45) is 0 Å². The van der Waals surface area contributed by atoms with Crippen molar-refractivity contribution < 1.29 is 0 Å². The summed E-state index contributed by atoms with van der Waals surface area (Å²) in [6.45, 7) is 20.4. The molecule has 2 heteroatoms. The smallest absolute Gasteiger partial charge is 0.0452 e. The highest BCUT2D eigenvalue weighted by Crippen LogP contribution is 2.49. The average molecular weight is 491 g/mol. The van der Waals surface area contributed by atoms with Crippen molar-refractivity contribution in [2.45, 2.75) is 91.4 Å². The SMILES string of the molecule is C=Cc1ccccc1-c1cc(-c2cc(CC/C=C/C)c(C(C)(CC)CC)s2)sc1C(C)(C)CC. The second-order valence-electron chi connectivity index (χ2n) is 10.2. The minimum absolute atomic E-state index is 0.128. The summed E-state index contributed by atoms with van der Waals surface area (Å²) in [7, 11) is 0. The first kappa shape index (κ1) is 26.7. The third-order valence-electron chi connectivity index (χ3n) is 7.68. The van der Waals surface area contributed by atoms with Crippen molar-refractivity contribution >= 4 is 28.7 Å². The Bertz CT molecular complexity index is 1130. The quantitative estimate of drug-likeness (QED) is 0.234. The summed E-state index contributed by atoms with van der Waals surface area (Å²) in [6, 6.07) is 13.7. The molecule has 0 N–H and O–H groups in total. The van der Waals surface area contributed by atoms with Gasteiger partial charge in [0.05, 0.1) is 0 Å². The highest BCUT2D eigenvalue weighted by atomic mass is 32.1. The Labute approximate surface area is 216 Å². The van der Waals surface area contributed by atoms with Gasteiger partial charge in [0.15, 0.2) is 0 Å². The van der Waals surface area contributed by atoms with Gasteiger partial charge in [0.2, 0.25) is 0 Å². The van der Waals surface area contributed by atoms with Gasteiger partial charge in [0, 0.05) is 24.9 Å². The molecule has 3 aromatic rings. The molecule has 0 saturated carbocycles. The highest BCUT2D eigenvalue weighted by Gasteiger charge is 2.30. The Kier molecular flexibility index (Phi) is 8.82. The molecule has 0 fully saturated rings. The van der Waals surface area contributed by atoms with E-state index in [9.17, 15) is 0 Å². The van der Waals surface area contributed by atoms with Crippen molar-refractivity contribution in [2.75, 3.05) is 0 Å². The summed E-state index contributed by atoms with van der Waals surface area (Å²) >= 11 is 4.03. The molecular weight excluding hydrogens is 448 g/mol. The summed E-state index contributed by atoms with van der Waals surface area (Å²) in [5.74, 6) is 0. The van der Waals surface area contributed by atoms with Crippen LogP contribution < -0.4 is 0 Å². The van der Waals surface area contributed by atoms with E-state index >= 15 is 0 Å². The van der Waals surface area contributed by atoms with Crippen molar-refractivity contribution in [3.63, 3.8) is 0 Å². The molecule has 0 unspecified atom stereocenters. The number of allylic oxidation sites excluding steroid dienone is 2. The fourth-order valence-electron chi connectivity index (χ4n) is 4.52.